The highest BCUT2D eigenvalue weighted by molar-refractivity contribution is 7.96. The van der Waals surface area contributed by atoms with Crippen LogP contribution in [0.1, 0.15) is 13.8 Å². The van der Waals surface area contributed by atoms with E-state index in [2.05, 4.69) is 4.99 Å². The quantitative estimate of drug-likeness (QED) is 0.742. The Morgan fingerprint density at radius 1 is 1.24 bits per heavy atom. The Labute approximate surface area is 148 Å². The van der Waals surface area contributed by atoms with Crippen LogP contribution in [0, 0.1) is 0 Å². The minimum Gasteiger partial charge on any atom is -0.494 e. The van der Waals surface area contributed by atoms with Gasteiger partial charge in [-0.05, 0) is 38.1 Å². The van der Waals surface area contributed by atoms with Gasteiger partial charge in [0.1, 0.15) is 11.0 Å². The van der Waals surface area contributed by atoms with Crippen LogP contribution in [0.3, 0.4) is 0 Å². The first kappa shape index (κ1) is 18.2. The first-order valence-electron chi connectivity index (χ1n) is 8.19. The van der Waals surface area contributed by atoms with Gasteiger partial charge in [0.15, 0.2) is 19.7 Å². The number of hydrogen-bond acceptors (Lipinski definition) is 7. The van der Waals surface area contributed by atoms with E-state index in [0.717, 1.165) is 0 Å². The molecule has 0 spiro atoms. The van der Waals surface area contributed by atoms with Gasteiger partial charge in [-0.1, -0.05) is 0 Å². The summed E-state index contributed by atoms with van der Waals surface area (Å²) in [7, 11) is -7.20. The average molecular weight is 386 g/mol. The zero-order valence-corrected chi connectivity index (χ0v) is 15.9. The summed E-state index contributed by atoms with van der Waals surface area (Å²) in [6, 6.07) is 5.56. The molecule has 0 radical (unpaired) electrons. The predicted molar refractivity (Wildman–Crippen MR) is 95.7 cm³/mol. The van der Waals surface area contributed by atoms with Gasteiger partial charge in [-0.25, -0.2) is 16.8 Å². The maximum Gasteiger partial charge on any atom is 0.184 e. The van der Waals surface area contributed by atoms with Crippen LogP contribution in [0.5, 0.6) is 5.75 Å². The molecule has 0 unspecified atom stereocenters. The van der Waals surface area contributed by atoms with Crippen LogP contribution < -0.4 is 4.74 Å². The highest BCUT2D eigenvalue weighted by Crippen LogP contribution is 2.30. The summed E-state index contributed by atoms with van der Waals surface area (Å²) < 4.78 is 55.9. The van der Waals surface area contributed by atoms with Gasteiger partial charge in [0.05, 0.1) is 41.4 Å². The summed E-state index contributed by atoms with van der Waals surface area (Å²) in [6.07, 6.45) is 0. The second-order valence-corrected chi connectivity index (χ2v) is 10.6. The third kappa shape index (κ3) is 3.52. The molecule has 2 heterocycles. The number of ether oxygens (including phenoxy) is 1. The summed E-state index contributed by atoms with van der Waals surface area (Å²) in [5.41, 5.74) is 0. The summed E-state index contributed by atoms with van der Waals surface area (Å²) in [4.78, 5) is 6.21. The predicted octanol–water partition coefficient (Wildman–Crippen LogP) is 0.759. The number of benzene rings is 1. The minimum atomic E-state index is -3.78. The summed E-state index contributed by atoms with van der Waals surface area (Å²) in [5, 5.41) is -0.987. The van der Waals surface area contributed by atoms with Crippen molar-refractivity contribution in [2.24, 2.45) is 4.99 Å². The molecule has 1 aromatic carbocycles. The normalized spacial score (nSPS) is 25.8. The molecule has 0 aliphatic carbocycles. The van der Waals surface area contributed by atoms with E-state index < -0.39 is 31.0 Å². The van der Waals surface area contributed by atoms with E-state index in [0.29, 0.717) is 31.3 Å². The minimum absolute atomic E-state index is 0.122. The lowest BCUT2D eigenvalue weighted by Crippen LogP contribution is -2.47. The van der Waals surface area contributed by atoms with Crippen molar-refractivity contribution in [1.29, 1.82) is 0 Å². The second-order valence-electron chi connectivity index (χ2n) is 6.25. The molecule has 9 heteroatoms. The van der Waals surface area contributed by atoms with E-state index in [1.54, 1.807) is 19.1 Å². The second kappa shape index (κ2) is 6.60. The van der Waals surface area contributed by atoms with Gasteiger partial charge in [-0.2, -0.15) is 0 Å². The first-order chi connectivity index (χ1) is 11.7. The molecule has 0 amide bonds. The largest absolute Gasteiger partial charge is 0.494 e. The van der Waals surface area contributed by atoms with Gasteiger partial charge in [-0.3, -0.25) is 4.99 Å². The van der Waals surface area contributed by atoms with Crippen molar-refractivity contribution in [1.82, 2.24) is 4.90 Å². The van der Waals surface area contributed by atoms with Crippen molar-refractivity contribution in [2.75, 3.05) is 31.2 Å². The van der Waals surface area contributed by atoms with Gasteiger partial charge in [0.2, 0.25) is 0 Å². The fourth-order valence-corrected chi connectivity index (χ4v) is 8.20. The summed E-state index contributed by atoms with van der Waals surface area (Å²) in [6.45, 7) is 5.25. The van der Waals surface area contributed by atoms with Crippen molar-refractivity contribution >= 4 is 25.5 Å². The van der Waals surface area contributed by atoms with Crippen LogP contribution in [0.25, 0.3) is 0 Å². The van der Waals surface area contributed by atoms with E-state index >= 15 is 0 Å². The lowest BCUT2D eigenvalue weighted by Gasteiger charge is -2.29. The first-order valence-corrected chi connectivity index (χ1v) is 11.6. The highest BCUT2D eigenvalue weighted by atomic mass is 32.2. The van der Waals surface area contributed by atoms with Gasteiger partial charge >= 0.3 is 0 Å². The molecule has 0 saturated carbocycles. The third-order valence-electron chi connectivity index (χ3n) is 4.63. The number of sulfone groups is 2. The van der Waals surface area contributed by atoms with E-state index in [1.807, 2.05) is 11.8 Å². The molecule has 0 N–H and O–H groups in total. The number of hydrogen-bond donors (Lipinski definition) is 0. The molecule has 2 aliphatic rings. The molecule has 0 aromatic heterocycles. The Morgan fingerprint density at radius 2 is 1.92 bits per heavy atom. The Kier molecular flexibility index (Phi) is 4.80. The molecule has 1 saturated heterocycles. The molecular weight excluding hydrogens is 364 g/mol. The van der Waals surface area contributed by atoms with Crippen molar-refractivity contribution < 1.29 is 21.6 Å². The Morgan fingerprint density at radius 3 is 2.48 bits per heavy atom. The SMILES string of the molecule is CCOc1ccc(S(=O)(=O)[C@H]2CS(=O)(=O)C[C@@H]2N2CCN=C2C)cc1. The maximum atomic E-state index is 13.1. The van der Waals surface area contributed by atoms with Crippen molar-refractivity contribution in [3.8, 4) is 5.75 Å². The van der Waals surface area contributed by atoms with Crippen LogP contribution in [0.4, 0.5) is 0 Å². The average Bonchev–Trinajstić information content (AvgIpc) is 3.11. The zero-order chi connectivity index (χ0) is 18.2. The number of rotatable bonds is 5. The molecule has 25 heavy (non-hydrogen) atoms. The van der Waals surface area contributed by atoms with Gasteiger partial charge < -0.3 is 9.64 Å². The van der Waals surface area contributed by atoms with E-state index in [9.17, 15) is 16.8 Å². The topological polar surface area (TPSA) is 93.1 Å². The molecule has 1 fully saturated rings. The molecule has 138 valence electrons. The Hall–Kier alpha value is -1.61. The zero-order valence-electron chi connectivity index (χ0n) is 14.3. The number of amidine groups is 1. The van der Waals surface area contributed by atoms with Crippen molar-refractivity contribution in [2.45, 2.75) is 30.0 Å². The van der Waals surface area contributed by atoms with Gasteiger partial charge in [-0.15, -0.1) is 0 Å². The molecule has 3 rings (SSSR count). The maximum absolute atomic E-state index is 13.1. The molecule has 2 atom stereocenters. The van der Waals surface area contributed by atoms with Crippen molar-refractivity contribution in [3.05, 3.63) is 24.3 Å². The van der Waals surface area contributed by atoms with E-state index in [1.165, 1.54) is 12.1 Å². The van der Waals surface area contributed by atoms with E-state index in [4.69, 9.17) is 4.74 Å². The fourth-order valence-electron chi connectivity index (χ4n) is 3.43. The summed E-state index contributed by atoms with van der Waals surface area (Å²) >= 11 is 0. The Bertz CT molecular complexity index is 876. The van der Waals surface area contributed by atoms with Gasteiger partial charge in [0.25, 0.3) is 0 Å². The van der Waals surface area contributed by atoms with Crippen molar-refractivity contribution in [3.63, 3.8) is 0 Å². The molecular formula is C16H22N2O5S2. The van der Waals surface area contributed by atoms with Crippen LogP contribution in [0.15, 0.2) is 34.2 Å². The monoisotopic (exact) mass is 386 g/mol. The lowest BCUT2D eigenvalue weighted by atomic mass is 10.2. The van der Waals surface area contributed by atoms with Crippen LogP contribution >= 0.6 is 0 Å². The highest BCUT2D eigenvalue weighted by Gasteiger charge is 2.49. The van der Waals surface area contributed by atoms with Crippen LogP contribution in [-0.2, 0) is 19.7 Å². The molecule has 7 nitrogen and oxygen atoms in total. The molecule has 0 bridgehead atoms. The summed E-state index contributed by atoms with van der Waals surface area (Å²) in [5.74, 6) is 0.783. The fraction of sp³-hybridized carbons (Fsp3) is 0.562. The van der Waals surface area contributed by atoms with E-state index in [-0.39, 0.29) is 16.4 Å². The lowest BCUT2D eigenvalue weighted by molar-refractivity contribution is 0.340. The standard InChI is InChI=1S/C16H22N2O5S2/c1-3-23-13-4-6-14(7-5-13)25(21,22)16-11-24(19,20)10-15(16)18-9-8-17-12(18)2/h4-7,15-16H,3,8-11H2,1-2H3/t15-,16-/m0/s1. The number of nitrogens with zero attached hydrogens (tertiary/aromatic N) is 2. The Balaban J connectivity index is 1.94. The smallest absolute Gasteiger partial charge is 0.184 e. The molecule has 1 aromatic rings. The van der Waals surface area contributed by atoms with Crippen LogP contribution in [0.2, 0.25) is 0 Å². The van der Waals surface area contributed by atoms with Crippen LogP contribution in [-0.4, -0.2) is 70.1 Å². The number of aliphatic imine (C=N–C) groups is 1. The van der Waals surface area contributed by atoms with Gasteiger partial charge in [0, 0.05) is 6.54 Å². The third-order valence-corrected chi connectivity index (χ3v) is 8.77. The molecule has 2 aliphatic heterocycles.